The molecule has 0 bridgehead atoms. The van der Waals surface area contributed by atoms with Crippen molar-refractivity contribution < 1.29 is 9.90 Å². The SMILES string of the molecule is O=C(O)C1CNCCN1Cc1ccc2ccccc2n1. The van der Waals surface area contributed by atoms with Gasteiger partial charge >= 0.3 is 5.97 Å². The number of para-hydroxylation sites is 1. The summed E-state index contributed by atoms with van der Waals surface area (Å²) >= 11 is 0. The van der Waals surface area contributed by atoms with Crippen LogP contribution in [0.5, 0.6) is 0 Å². The van der Waals surface area contributed by atoms with E-state index in [1.165, 1.54) is 0 Å². The average molecular weight is 271 g/mol. The Hall–Kier alpha value is -1.98. The van der Waals surface area contributed by atoms with Crippen LogP contribution in [0.4, 0.5) is 0 Å². The van der Waals surface area contributed by atoms with Gasteiger partial charge in [-0.25, -0.2) is 0 Å². The number of pyridine rings is 1. The molecule has 1 aliphatic heterocycles. The molecule has 0 spiro atoms. The summed E-state index contributed by atoms with van der Waals surface area (Å²) in [6.45, 7) is 2.61. The zero-order valence-electron chi connectivity index (χ0n) is 11.1. The summed E-state index contributed by atoms with van der Waals surface area (Å²) in [5.41, 5.74) is 1.86. The van der Waals surface area contributed by atoms with Gasteiger partial charge in [-0.05, 0) is 12.1 Å². The molecule has 5 nitrogen and oxygen atoms in total. The van der Waals surface area contributed by atoms with Gasteiger partial charge in [0, 0.05) is 31.6 Å². The standard InChI is InChI=1S/C15H17N3O2/c19-15(20)14-9-16-7-8-18(14)10-12-6-5-11-3-1-2-4-13(11)17-12/h1-6,14,16H,7-10H2,(H,19,20). The molecule has 1 saturated heterocycles. The third-order valence-electron chi connectivity index (χ3n) is 3.66. The van der Waals surface area contributed by atoms with Crippen LogP contribution in [0.2, 0.25) is 0 Å². The molecule has 1 fully saturated rings. The molecule has 2 heterocycles. The second-order valence-electron chi connectivity index (χ2n) is 5.02. The van der Waals surface area contributed by atoms with Crippen LogP contribution in [0.25, 0.3) is 10.9 Å². The van der Waals surface area contributed by atoms with Crippen molar-refractivity contribution >= 4 is 16.9 Å². The highest BCUT2D eigenvalue weighted by Gasteiger charge is 2.28. The highest BCUT2D eigenvalue weighted by molar-refractivity contribution is 5.78. The molecule has 1 unspecified atom stereocenters. The smallest absolute Gasteiger partial charge is 0.322 e. The maximum absolute atomic E-state index is 11.3. The van der Waals surface area contributed by atoms with Gasteiger partial charge in [0.15, 0.2) is 0 Å². The number of nitrogens with one attached hydrogen (secondary N) is 1. The van der Waals surface area contributed by atoms with Crippen molar-refractivity contribution in [1.82, 2.24) is 15.2 Å². The van der Waals surface area contributed by atoms with Crippen molar-refractivity contribution in [3.05, 3.63) is 42.1 Å². The number of piperazine rings is 1. The lowest BCUT2D eigenvalue weighted by Crippen LogP contribution is -2.54. The van der Waals surface area contributed by atoms with Crippen molar-refractivity contribution in [2.24, 2.45) is 0 Å². The zero-order chi connectivity index (χ0) is 13.9. The first kappa shape index (κ1) is 13.0. The average Bonchev–Trinajstić information content (AvgIpc) is 2.47. The molecule has 0 radical (unpaired) electrons. The number of carboxylic acid groups (broad SMARTS) is 1. The lowest BCUT2D eigenvalue weighted by molar-refractivity contribution is -0.144. The summed E-state index contributed by atoms with van der Waals surface area (Å²) in [6, 6.07) is 11.5. The minimum atomic E-state index is -0.780. The molecule has 104 valence electrons. The van der Waals surface area contributed by atoms with E-state index in [9.17, 15) is 9.90 Å². The highest BCUT2D eigenvalue weighted by Crippen LogP contribution is 2.14. The molecule has 0 saturated carbocycles. The molecule has 0 amide bonds. The Labute approximate surface area is 117 Å². The van der Waals surface area contributed by atoms with Crippen LogP contribution in [0.1, 0.15) is 5.69 Å². The number of hydrogen-bond donors (Lipinski definition) is 2. The Kier molecular flexibility index (Phi) is 3.62. The van der Waals surface area contributed by atoms with Gasteiger partial charge < -0.3 is 10.4 Å². The number of hydrogen-bond acceptors (Lipinski definition) is 4. The summed E-state index contributed by atoms with van der Waals surface area (Å²) in [5.74, 6) is -0.780. The number of benzene rings is 1. The molecule has 2 N–H and O–H groups in total. The Morgan fingerprint density at radius 3 is 3.05 bits per heavy atom. The van der Waals surface area contributed by atoms with Crippen molar-refractivity contribution in [3.63, 3.8) is 0 Å². The normalized spacial score (nSPS) is 20.1. The predicted molar refractivity (Wildman–Crippen MR) is 76.4 cm³/mol. The number of aliphatic carboxylic acids is 1. The summed E-state index contributed by atoms with van der Waals surface area (Å²) in [5, 5.41) is 13.5. The number of carbonyl (C=O) groups is 1. The van der Waals surface area contributed by atoms with Gasteiger partial charge in [0.25, 0.3) is 0 Å². The molecule has 20 heavy (non-hydrogen) atoms. The van der Waals surface area contributed by atoms with Crippen molar-refractivity contribution in [3.8, 4) is 0 Å². The van der Waals surface area contributed by atoms with E-state index in [2.05, 4.69) is 10.3 Å². The summed E-state index contributed by atoms with van der Waals surface area (Å²) in [4.78, 5) is 17.8. The van der Waals surface area contributed by atoms with Crippen LogP contribution in [0, 0.1) is 0 Å². The molecule has 0 aliphatic carbocycles. The third kappa shape index (κ3) is 2.64. The topological polar surface area (TPSA) is 65.5 Å². The highest BCUT2D eigenvalue weighted by atomic mass is 16.4. The van der Waals surface area contributed by atoms with E-state index in [1.807, 2.05) is 41.3 Å². The van der Waals surface area contributed by atoms with Gasteiger partial charge in [-0.2, -0.15) is 0 Å². The minimum Gasteiger partial charge on any atom is -0.480 e. The largest absolute Gasteiger partial charge is 0.480 e. The van der Waals surface area contributed by atoms with E-state index in [4.69, 9.17) is 0 Å². The number of nitrogens with zero attached hydrogens (tertiary/aromatic N) is 2. The van der Waals surface area contributed by atoms with Crippen molar-refractivity contribution in [2.75, 3.05) is 19.6 Å². The Morgan fingerprint density at radius 2 is 2.20 bits per heavy atom. The molecular weight excluding hydrogens is 254 g/mol. The molecule has 1 aliphatic rings. The molecule has 1 atom stereocenters. The van der Waals surface area contributed by atoms with Crippen molar-refractivity contribution in [1.29, 1.82) is 0 Å². The Bertz CT molecular complexity index is 629. The maximum atomic E-state index is 11.3. The first-order valence-corrected chi connectivity index (χ1v) is 6.76. The minimum absolute atomic E-state index is 0.475. The third-order valence-corrected chi connectivity index (χ3v) is 3.66. The first-order chi connectivity index (χ1) is 9.74. The van der Waals surface area contributed by atoms with Gasteiger partial charge in [0.2, 0.25) is 0 Å². The van der Waals surface area contributed by atoms with Gasteiger partial charge in [0.1, 0.15) is 6.04 Å². The quantitative estimate of drug-likeness (QED) is 0.875. The monoisotopic (exact) mass is 271 g/mol. The summed E-state index contributed by atoms with van der Waals surface area (Å²) < 4.78 is 0. The van der Waals surface area contributed by atoms with E-state index in [0.29, 0.717) is 13.1 Å². The van der Waals surface area contributed by atoms with E-state index in [0.717, 1.165) is 29.7 Å². The van der Waals surface area contributed by atoms with E-state index in [1.54, 1.807) is 0 Å². The van der Waals surface area contributed by atoms with Crippen LogP contribution >= 0.6 is 0 Å². The maximum Gasteiger partial charge on any atom is 0.322 e. The fourth-order valence-electron chi connectivity index (χ4n) is 2.58. The number of carboxylic acids is 1. The molecule has 2 aromatic rings. The zero-order valence-corrected chi connectivity index (χ0v) is 11.1. The summed E-state index contributed by atoms with van der Waals surface area (Å²) in [7, 11) is 0. The van der Waals surface area contributed by atoms with E-state index < -0.39 is 12.0 Å². The predicted octanol–water partition coefficient (Wildman–Crippen LogP) is 1.09. The van der Waals surface area contributed by atoms with Crippen LogP contribution in [-0.2, 0) is 11.3 Å². The fraction of sp³-hybridized carbons (Fsp3) is 0.333. The van der Waals surface area contributed by atoms with Gasteiger partial charge in [-0.3, -0.25) is 14.7 Å². The first-order valence-electron chi connectivity index (χ1n) is 6.76. The Morgan fingerprint density at radius 1 is 1.35 bits per heavy atom. The van der Waals surface area contributed by atoms with Crippen LogP contribution in [-0.4, -0.2) is 46.6 Å². The molecule has 5 heteroatoms. The molecule has 1 aromatic heterocycles. The molecule has 3 rings (SSSR count). The van der Waals surface area contributed by atoms with Gasteiger partial charge in [0.05, 0.1) is 11.2 Å². The second-order valence-corrected chi connectivity index (χ2v) is 5.02. The van der Waals surface area contributed by atoms with Gasteiger partial charge in [-0.15, -0.1) is 0 Å². The van der Waals surface area contributed by atoms with Crippen LogP contribution in [0.15, 0.2) is 36.4 Å². The van der Waals surface area contributed by atoms with E-state index in [-0.39, 0.29) is 0 Å². The summed E-state index contributed by atoms with van der Waals surface area (Å²) in [6.07, 6.45) is 0. The van der Waals surface area contributed by atoms with Crippen molar-refractivity contribution in [2.45, 2.75) is 12.6 Å². The molecule has 1 aromatic carbocycles. The lowest BCUT2D eigenvalue weighted by Gasteiger charge is -2.33. The van der Waals surface area contributed by atoms with E-state index >= 15 is 0 Å². The number of aromatic nitrogens is 1. The lowest BCUT2D eigenvalue weighted by atomic mass is 10.1. The van der Waals surface area contributed by atoms with Crippen LogP contribution in [0.3, 0.4) is 0 Å². The Balaban J connectivity index is 1.82. The second kappa shape index (κ2) is 5.56. The van der Waals surface area contributed by atoms with Crippen LogP contribution < -0.4 is 5.32 Å². The van der Waals surface area contributed by atoms with Gasteiger partial charge in [-0.1, -0.05) is 24.3 Å². The number of fused-ring (bicyclic) bond motifs is 1. The fourth-order valence-corrected chi connectivity index (χ4v) is 2.58. The molecular formula is C15H17N3O2. The number of rotatable bonds is 3.